The third kappa shape index (κ3) is 3.52. The highest BCUT2D eigenvalue weighted by Gasteiger charge is 2.24. The summed E-state index contributed by atoms with van der Waals surface area (Å²) in [5, 5.41) is 8.03. The van der Waals surface area contributed by atoms with Gasteiger partial charge in [0.15, 0.2) is 0 Å². The molecule has 0 bridgehead atoms. The van der Waals surface area contributed by atoms with E-state index in [0.29, 0.717) is 0 Å². The highest BCUT2D eigenvalue weighted by molar-refractivity contribution is 6.29. The van der Waals surface area contributed by atoms with Crippen molar-refractivity contribution >= 4 is 29.4 Å². The number of nitrogens with one attached hydrogen (secondary N) is 3. The molecule has 0 aliphatic carbocycles. The van der Waals surface area contributed by atoms with E-state index >= 15 is 0 Å². The summed E-state index contributed by atoms with van der Waals surface area (Å²) in [7, 11) is 1.43. The molecule has 0 radical (unpaired) electrons. The number of carbonyl (C=O) groups excluding carboxylic acids is 2. The maximum Gasteiger partial charge on any atom is 0.245 e. The Kier molecular flexibility index (Phi) is 4.13. The van der Waals surface area contributed by atoms with Crippen LogP contribution in [0.5, 0.6) is 5.88 Å². The van der Waals surface area contributed by atoms with E-state index in [9.17, 15) is 9.59 Å². The van der Waals surface area contributed by atoms with Crippen molar-refractivity contribution in [3.63, 3.8) is 0 Å². The maximum atomic E-state index is 11.9. The van der Waals surface area contributed by atoms with Gasteiger partial charge < -0.3 is 10.1 Å². The van der Waals surface area contributed by atoms with Crippen molar-refractivity contribution in [3.05, 3.63) is 11.2 Å². The minimum atomic E-state index is -0.536. The minimum Gasteiger partial charge on any atom is -0.481 e. The van der Waals surface area contributed by atoms with Gasteiger partial charge >= 0.3 is 0 Å². The van der Waals surface area contributed by atoms with Crippen LogP contribution in [0.1, 0.15) is 0 Å². The molecule has 0 spiro atoms. The third-order valence-corrected chi connectivity index (χ3v) is 2.64. The number of piperazine rings is 1. The number of methoxy groups -OCH3 is 1. The Bertz CT molecular complexity index is 500. The zero-order chi connectivity index (χ0) is 13.8. The van der Waals surface area contributed by atoms with Crippen LogP contribution in [0.2, 0.25) is 5.15 Å². The molecule has 1 aliphatic heterocycles. The van der Waals surface area contributed by atoms with Crippen LogP contribution in [0.4, 0.5) is 5.95 Å². The van der Waals surface area contributed by atoms with Gasteiger partial charge in [0, 0.05) is 12.6 Å². The first-order valence-electron chi connectivity index (χ1n) is 5.48. The van der Waals surface area contributed by atoms with E-state index in [1.807, 2.05) is 0 Å². The average molecular weight is 286 g/mol. The van der Waals surface area contributed by atoms with E-state index in [4.69, 9.17) is 16.3 Å². The lowest BCUT2D eigenvalue weighted by Gasteiger charge is -2.22. The number of carbonyl (C=O) groups is 2. The highest BCUT2D eigenvalue weighted by Crippen LogP contribution is 2.15. The molecule has 0 aromatic carbocycles. The van der Waals surface area contributed by atoms with E-state index < -0.39 is 6.04 Å². The second-order valence-corrected chi connectivity index (χ2v) is 4.17. The van der Waals surface area contributed by atoms with Crippen molar-refractivity contribution in [2.24, 2.45) is 0 Å². The summed E-state index contributed by atoms with van der Waals surface area (Å²) < 4.78 is 4.92. The normalized spacial score (nSPS) is 18.6. The van der Waals surface area contributed by atoms with Gasteiger partial charge in [-0.15, -0.1) is 0 Å². The van der Waals surface area contributed by atoms with Crippen LogP contribution in [0, 0.1) is 0 Å². The van der Waals surface area contributed by atoms with Crippen LogP contribution in [-0.2, 0) is 9.59 Å². The molecule has 1 aliphatic rings. The number of nitrogens with zero attached hydrogens (tertiary/aromatic N) is 2. The van der Waals surface area contributed by atoms with E-state index in [1.54, 1.807) is 0 Å². The first kappa shape index (κ1) is 13.5. The third-order valence-electron chi connectivity index (χ3n) is 2.44. The molecule has 102 valence electrons. The number of halogens is 1. The molecule has 1 saturated heterocycles. The van der Waals surface area contributed by atoms with Gasteiger partial charge in [-0.3, -0.25) is 20.2 Å². The van der Waals surface area contributed by atoms with Crippen LogP contribution in [0.25, 0.3) is 0 Å². The fourth-order valence-electron chi connectivity index (χ4n) is 1.51. The van der Waals surface area contributed by atoms with E-state index in [0.717, 1.165) is 0 Å². The van der Waals surface area contributed by atoms with Crippen molar-refractivity contribution in [3.8, 4) is 5.88 Å². The summed E-state index contributed by atoms with van der Waals surface area (Å²) >= 11 is 5.76. The van der Waals surface area contributed by atoms with Crippen molar-refractivity contribution in [2.75, 3.05) is 25.5 Å². The van der Waals surface area contributed by atoms with Gasteiger partial charge in [-0.2, -0.15) is 4.98 Å². The molecule has 1 aromatic rings. The number of anilines is 1. The summed E-state index contributed by atoms with van der Waals surface area (Å²) in [6.07, 6.45) is 0. The Morgan fingerprint density at radius 3 is 3.00 bits per heavy atom. The number of ether oxygens (including phenoxy) is 1. The summed E-state index contributed by atoms with van der Waals surface area (Å²) in [4.78, 5) is 30.6. The largest absolute Gasteiger partial charge is 0.481 e. The topological polar surface area (TPSA) is 105 Å². The fraction of sp³-hybridized carbons (Fsp3) is 0.400. The molecule has 1 aromatic heterocycles. The lowest BCUT2D eigenvalue weighted by atomic mass is 10.2. The standard InChI is InChI=1S/C10H12ClN5O3/c1-19-8-2-6(11)14-10(15-8)16-9(18)5-3-13-7(17)4-12-5/h2,5,12H,3-4H2,1H3,(H,13,17)(H,14,15,16,18). The Morgan fingerprint density at radius 2 is 2.37 bits per heavy atom. The van der Waals surface area contributed by atoms with Crippen LogP contribution in [0.15, 0.2) is 6.07 Å². The SMILES string of the molecule is COc1cc(Cl)nc(NC(=O)C2CNC(=O)CN2)n1. The first-order chi connectivity index (χ1) is 9.08. The Balaban J connectivity index is 2.02. The lowest BCUT2D eigenvalue weighted by Crippen LogP contribution is -2.56. The molecule has 2 heterocycles. The molecule has 1 atom stereocenters. The predicted molar refractivity (Wildman–Crippen MR) is 67.0 cm³/mol. The highest BCUT2D eigenvalue weighted by atomic mass is 35.5. The monoisotopic (exact) mass is 285 g/mol. The zero-order valence-corrected chi connectivity index (χ0v) is 10.8. The quantitative estimate of drug-likeness (QED) is 0.626. The molecule has 9 heteroatoms. The lowest BCUT2D eigenvalue weighted by molar-refractivity contribution is -0.124. The van der Waals surface area contributed by atoms with Crippen molar-refractivity contribution in [2.45, 2.75) is 6.04 Å². The number of rotatable bonds is 3. The minimum absolute atomic E-state index is 0.0491. The second kappa shape index (κ2) is 5.81. The smallest absolute Gasteiger partial charge is 0.245 e. The van der Waals surface area contributed by atoms with Crippen LogP contribution < -0.4 is 20.7 Å². The summed E-state index contributed by atoms with van der Waals surface area (Å²) in [5.74, 6) is -0.206. The summed E-state index contributed by atoms with van der Waals surface area (Å²) in [5.41, 5.74) is 0. The Hall–Kier alpha value is -1.93. The molecule has 0 saturated carbocycles. The number of amides is 2. The Morgan fingerprint density at radius 1 is 1.58 bits per heavy atom. The molecular weight excluding hydrogens is 274 g/mol. The second-order valence-electron chi connectivity index (χ2n) is 3.78. The van der Waals surface area contributed by atoms with Gasteiger partial charge in [0.2, 0.25) is 23.6 Å². The van der Waals surface area contributed by atoms with Gasteiger partial charge in [-0.25, -0.2) is 4.98 Å². The van der Waals surface area contributed by atoms with Gasteiger partial charge in [-0.1, -0.05) is 11.6 Å². The fourth-order valence-corrected chi connectivity index (χ4v) is 1.68. The Labute approximate surface area is 113 Å². The van der Waals surface area contributed by atoms with Gasteiger partial charge in [-0.05, 0) is 0 Å². The first-order valence-corrected chi connectivity index (χ1v) is 5.86. The van der Waals surface area contributed by atoms with E-state index in [2.05, 4.69) is 25.9 Å². The van der Waals surface area contributed by atoms with E-state index in [-0.39, 0.29) is 41.9 Å². The predicted octanol–water partition coefficient (Wildman–Crippen LogP) is -0.835. The van der Waals surface area contributed by atoms with Gasteiger partial charge in [0.05, 0.1) is 13.7 Å². The van der Waals surface area contributed by atoms with Crippen molar-refractivity contribution < 1.29 is 14.3 Å². The van der Waals surface area contributed by atoms with E-state index in [1.165, 1.54) is 13.2 Å². The van der Waals surface area contributed by atoms with Gasteiger partial charge in [0.1, 0.15) is 11.2 Å². The summed E-state index contributed by atoms with van der Waals surface area (Å²) in [6, 6.07) is 0.891. The van der Waals surface area contributed by atoms with Crippen LogP contribution >= 0.6 is 11.6 Å². The van der Waals surface area contributed by atoms with Crippen LogP contribution in [-0.4, -0.2) is 48.0 Å². The molecule has 19 heavy (non-hydrogen) atoms. The van der Waals surface area contributed by atoms with Crippen molar-refractivity contribution in [1.82, 2.24) is 20.6 Å². The zero-order valence-electron chi connectivity index (χ0n) is 10.1. The number of hydrogen-bond acceptors (Lipinski definition) is 6. The summed E-state index contributed by atoms with van der Waals surface area (Å²) in [6.45, 7) is 0.306. The molecule has 3 N–H and O–H groups in total. The molecule has 2 amide bonds. The molecule has 8 nitrogen and oxygen atoms in total. The number of hydrogen-bond donors (Lipinski definition) is 3. The maximum absolute atomic E-state index is 11.9. The molecule has 1 unspecified atom stereocenters. The van der Waals surface area contributed by atoms with Crippen LogP contribution in [0.3, 0.4) is 0 Å². The molecular formula is C10H12ClN5O3. The molecule has 1 fully saturated rings. The average Bonchev–Trinajstić information content (AvgIpc) is 2.38. The molecule has 2 rings (SSSR count). The number of aromatic nitrogens is 2. The van der Waals surface area contributed by atoms with Crippen molar-refractivity contribution in [1.29, 1.82) is 0 Å². The van der Waals surface area contributed by atoms with Gasteiger partial charge in [0.25, 0.3) is 0 Å².